The molecule has 0 radical (unpaired) electrons. The Morgan fingerprint density at radius 1 is 1.36 bits per heavy atom. The number of carbonyl (C=O) groups excluding carboxylic acids is 2. The number of Topliss-reactive ketones (excluding diaryl/α,β-unsaturated/α-hetero) is 1. The van der Waals surface area contributed by atoms with E-state index in [0.29, 0.717) is 18.8 Å². The summed E-state index contributed by atoms with van der Waals surface area (Å²) in [6.07, 6.45) is -0.884. The number of ketones is 1. The average molecular weight is 309 g/mol. The lowest BCUT2D eigenvalue weighted by Gasteiger charge is -2.15. The highest BCUT2D eigenvalue weighted by atomic mass is 16.7. The first-order valence-corrected chi connectivity index (χ1v) is 6.55. The molecule has 0 spiro atoms. The molecule has 8 nitrogen and oxygen atoms in total. The van der Waals surface area contributed by atoms with Gasteiger partial charge in [0, 0.05) is 6.07 Å². The molecule has 0 saturated carbocycles. The van der Waals surface area contributed by atoms with Crippen molar-refractivity contribution in [1.82, 2.24) is 0 Å². The number of carbonyl (C=O) groups is 2. The average Bonchev–Trinajstić information content (AvgIpc) is 3.00. The third-order valence-corrected chi connectivity index (χ3v) is 3.30. The Bertz CT molecular complexity index is 607. The maximum atomic E-state index is 11.8. The monoisotopic (exact) mass is 309 g/mol. The van der Waals surface area contributed by atoms with Crippen molar-refractivity contribution in [2.24, 2.45) is 0 Å². The van der Waals surface area contributed by atoms with Crippen LogP contribution in [0.3, 0.4) is 0 Å². The van der Waals surface area contributed by atoms with Crippen molar-refractivity contribution in [1.29, 1.82) is 0 Å². The van der Waals surface area contributed by atoms with E-state index in [4.69, 9.17) is 9.47 Å². The normalized spacial score (nSPS) is 16.3. The first kappa shape index (κ1) is 16.1. The lowest BCUT2D eigenvalue weighted by Crippen LogP contribution is -2.21. The van der Waals surface area contributed by atoms with Gasteiger partial charge < -0.3 is 14.2 Å². The van der Waals surface area contributed by atoms with Crippen LogP contribution in [0.4, 0.5) is 5.69 Å². The predicted octanol–water partition coefficient (Wildman–Crippen LogP) is 1.49. The quantitative estimate of drug-likeness (QED) is 0.351. The predicted molar refractivity (Wildman–Crippen MR) is 73.2 cm³/mol. The summed E-state index contributed by atoms with van der Waals surface area (Å²) in [7, 11) is 1.17. The van der Waals surface area contributed by atoms with Gasteiger partial charge in [-0.1, -0.05) is 6.07 Å². The van der Waals surface area contributed by atoms with Gasteiger partial charge in [0.05, 0.1) is 30.8 Å². The molecule has 1 unspecified atom stereocenters. The minimum absolute atomic E-state index is 0.176. The lowest BCUT2D eigenvalue weighted by atomic mass is 9.93. The minimum atomic E-state index is -1.13. The maximum Gasteiger partial charge on any atom is 0.320 e. The van der Waals surface area contributed by atoms with Crippen molar-refractivity contribution in [2.75, 3.05) is 20.3 Å². The second-order valence-corrected chi connectivity index (χ2v) is 4.72. The molecule has 2 rings (SSSR count). The number of ether oxygens (including phenoxy) is 3. The van der Waals surface area contributed by atoms with Crippen molar-refractivity contribution in [3.8, 4) is 0 Å². The Hall–Kier alpha value is -2.32. The van der Waals surface area contributed by atoms with Crippen LogP contribution in [0, 0.1) is 10.1 Å². The van der Waals surface area contributed by atoms with E-state index in [9.17, 15) is 19.7 Å². The van der Waals surface area contributed by atoms with E-state index in [2.05, 4.69) is 4.74 Å². The summed E-state index contributed by atoms with van der Waals surface area (Å²) in [4.78, 5) is 34.0. The number of rotatable bonds is 5. The van der Waals surface area contributed by atoms with Crippen LogP contribution in [0.5, 0.6) is 0 Å². The van der Waals surface area contributed by atoms with E-state index in [1.54, 1.807) is 0 Å². The number of hydrogen-bond acceptors (Lipinski definition) is 7. The van der Waals surface area contributed by atoms with Gasteiger partial charge in [-0.3, -0.25) is 19.7 Å². The van der Waals surface area contributed by atoms with Gasteiger partial charge in [-0.15, -0.1) is 0 Å². The standard InChI is InChI=1S/C14H15NO7/c1-8(16)12(13(17)20-2)9-3-4-11(15(18)19)10(7-9)14-21-5-6-22-14/h3-4,7,12,14H,5-6H2,1-2H3. The van der Waals surface area contributed by atoms with E-state index in [0.717, 1.165) is 0 Å². The molecule has 1 fully saturated rings. The summed E-state index contributed by atoms with van der Waals surface area (Å²) in [6.45, 7) is 1.89. The molecule has 1 atom stereocenters. The van der Waals surface area contributed by atoms with Crippen LogP contribution in [0.2, 0.25) is 0 Å². The first-order chi connectivity index (χ1) is 10.5. The van der Waals surface area contributed by atoms with Crippen LogP contribution >= 0.6 is 0 Å². The van der Waals surface area contributed by atoms with Crippen molar-refractivity contribution in [2.45, 2.75) is 19.1 Å². The second-order valence-electron chi connectivity index (χ2n) is 4.72. The van der Waals surface area contributed by atoms with Crippen molar-refractivity contribution >= 4 is 17.4 Å². The number of nitro groups is 1. The SMILES string of the molecule is COC(=O)C(C(C)=O)c1ccc([N+](=O)[O-])c(C2OCCO2)c1. The lowest BCUT2D eigenvalue weighted by molar-refractivity contribution is -0.386. The summed E-state index contributed by atoms with van der Waals surface area (Å²) in [5, 5.41) is 11.1. The van der Waals surface area contributed by atoms with E-state index >= 15 is 0 Å². The molecular formula is C14H15NO7. The van der Waals surface area contributed by atoms with Gasteiger partial charge in [0.1, 0.15) is 11.7 Å². The fourth-order valence-corrected chi connectivity index (χ4v) is 2.30. The Kier molecular flexibility index (Phi) is 4.84. The van der Waals surface area contributed by atoms with Gasteiger partial charge in [-0.2, -0.15) is 0 Å². The third kappa shape index (κ3) is 3.12. The maximum absolute atomic E-state index is 11.8. The molecule has 0 aliphatic carbocycles. The molecule has 1 aromatic rings. The number of hydrogen-bond donors (Lipinski definition) is 0. The fourth-order valence-electron chi connectivity index (χ4n) is 2.30. The third-order valence-electron chi connectivity index (χ3n) is 3.30. The van der Waals surface area contributed by atoms with Gasteiger partial charge in [0.2, 0.25) is 0 Å². The van der Waals surface area contributed by atoms with Gasteiger partial charge in [0.15, 0.2) is 6.29 Å². The van der Waals surface area contributed by atoms with Gasteiger partial charge in [-0.25, -0.2) is 0 Å². The van der Waals surface area contributed by atoms with E-state index in [1.165, 1.54) is 32.2 Å². The highest BCUT2D eigenvalue weighted by Crippen LogP contribution is 2.34. The van der Waals surface area contributed by atoms with Crippen molar-refractivity contribution in [3.05, 3.63) is 39.4 Å². The fraction of sp³-hybridized carbons (Fsp3) is 0.429. The molecule has 0 bridgehead atoms. The Balaban J connectivity index is 2.49. The molecule has 118 valence electrons. The second kappa shape index (κ2) is 6.63. The summed E-state index contributed by atoms with van der Waals surface area (Å²) in [5.41, 5.74) is 0.289. The molecule has 0 amide bonds. The number of nitrogens with zero attached hydrogens (tertiary/aromatic N) is 1. The molecule has 1 aliphatic rings. The van der Waals surface area contributed by atoms with Crippen LogP contribution < -0.4 is 0 Å². The molecule has 0 aromatic heterocycles. The molecule has 1 aliphatic heterocycles. The van der Waals surface area contributed by atoms with E-state index < -0.39 is 28.9 Å². The summed E-state index contributed by atoms with van der Waals surface area (Å²) >= 11 is 0. The first-order valence-electron chi connectivity index (χ1n) is 6.55. The van der Waals surface area contributed by atoms with Crippen LogP contribution in [-0.4, -0.2) is 37.0 Å². The number of nitro benzene ring substituents is 1. The molecule has 8 heteroatoms. The van der Waals surface area contributed by atoms with Gasteiger partial charge >= 0.3 is 5.97 Å². The van der Waals surface area contributed by atoms with E-state index in [1.807, 2.05) is 0 Å². The molecule has 22 heavy (non-hydrogen) atoms. The van der Waals surface area contributed by atoms with Crippen LogP contribution in [0.1, 0.15) is 30.3 Å². The number of benzene rings is 1. The van der Waals surface area contributed by atoms with Crippen LogP contribution in [0.15, 0.2) is 18.2 Å². The van der Waals surface area contributed by atoms with Crippen LogP contribution in [-0.2, 0) is 23.8 Å². The summed E-state index contributed by atoms with van der Waals surface area (Å²) in [5.74, 6) is -2.27. The smallest absolute Gasteiger partial charge is 0.320 e. The largest absolute Gasteiger partial charge is 0.468 e. The summed E-state index contributed by atoms with van der Waals surface area (Å²) in [6, 6.07) is 3.98. The minimum Gasteiger partial charge on any atom is -0.468 e. The zero-order valence-corrected chi connectivity index (χ0v) is 12.1. The van der Waals surface area contributed by atoms with Crippen LogP contribution in [0.25, 0.3) is 0 Å². The highest BCUT2D eigenvalue weighted by molar-refractivity contribution is 6.03. The Morgan fingerprint density at radius 2 is 2.00 bits per heavy atom. The van der Waals surface area contributed by atoms with E-state index in [-0.39, 0.29) is 11.3 Å². The zero-order chi connectivity index (χ0) is 16.3. The zero-order valence-electron chi connectivity index (χ0n) is 12.1. The van der Waals surface area contributed by atoms with Crippen molar-refractivity contribution < 1.29 is 28.7 Å². The molecular weight excluding hydrogens is 294 g/mol. The highest BCUT2D eigenvalue weighted by Gasteiger charge is 2.32. The topological polar surface area (TPSA) is 105 Å². The summed E-state index contributed by atoms with van der Waals surface area (Å²) < 4.78 is 15.2. The van der Waals surface area contributed by atoms with Gasteiger partial charge in [-0.05, 0) is 18.6 Å². The molecule has 1 heterocycles. The van der Waals surface area contributed by atoms with Crippen molar-refractivity contribution in [3.63, 3.8) is 0 Å². The van der Waals surface area contributed by atoms with Gasteiger partial charge in [0.25, 0.3) is 5.69 Å². The number of esters is 1. The molecule has 0 N–H and O–H groups in total. The molecule has 1 aromatic carbocycles. The Morgan fingerprint density at radius 3 is 2.50 bits per heavy atom. The number of methoxy groups -OCH3 is 1. The Labute approximate surface area is 126 Å². The molecule has 1 saturated heterocycles.